The van der Waals surface area contributed by atoms with E-state index in [0.717, 1.165) is 29.9 Å². The van der Waals surface area contributed by atoms with Crippen molar-refractivity contribution in [3.8, 4) is 23.0 Å². The van der Waals surface area contributed by atoms with Crippen LogP contribution in [0.3, 0.4) is 0 Å². The molecule has 2 aromatic rings. The molecule has 2 aliphatic rings. The molecule has 0 aromatic heterocycles. The molecule has 0 N–H and O–H groups in total. The Hall–Kier alpha value is -2.89. The highest BCUT2D eigenvalue weighted by Gasteiger charge is 2.33. The zero-order valence-electron chi connectivity index (χ0n) is 20.7. The Morgan fingerprint density at radius 1 is 0.912 bits per heavy atom. The molecule has 1 aliphatic carbocycles. The van der Waals surface area contributed by atoms with Crippen molar-refractivity contribution in [2.75, 3.05) is 34.5 Å². The third-order valence-corrected chi connectivity index (χ3v) is 7.28. The standard InChI is InChI=1S/C28H37NO5/c1-31-22-10-12-23(13-11-22)34-19-25-24-18-27(33-3)26(32-2)17-21(24)15-16-29(25)28(30)14-9-20-7-5-4-6-8-20/h10-13,17-18,20,25H,4-9,14-16,19H2,1-3H3. The summed E-state index contributed by atoms with van der Waals surface area (Å²) < 4.78 is 22.5. The number of amides is 1. The van der Waals surface area contributed by atoms with Crippen LogP contribution >= 0.6 is 0 Å². The SMILES string of the molecule is COc1ccc(OCC2c3cc(OC)c(OC)cc3CCN2C(=O)CCC2CCCCC2)cc1. The van der Waals surface area contributed by atoms with E-state index in [1.807, 2.05) is 41.3 Å². The molecular formula is C28H37NO5. The number of nitrogens with zero attached hydrogens (tertiary/aromatic N) is 1. The van der Waals surface area contributed by atoms with Crippen LogP contribution in [0, 0.1) is 5.92 Å². The number of fused-ring (bicyclic) bond motifs is 1. The number of carbonyl (C=O) groups is 1. The van der Waals surface area contributed by atoms with Gasteiger partial charge >= 0.3 is 0 Å². The maximum atomic E-state index is 13.4. The summed E-state index contributed by atoms with van der Waals surface area (Å²) in [5.41, 5.74) is 2.25. The van der Waals surface area contributed by atoms with Gasteiger partial charge in [-0.2, -0.15) is 0 Å². The fourth-order valence-corrected chi connectivity index (χ4v) is 5.30. The molecule has 0 bridgehead atoms. The van der Waals surface area contributed by atoms with Gasteiger partial charge < -0.3 is 23.8 Å². The van der Waals surface area contributed by atoms with Gasteiger partial charge in [-0.15, -0.1) is 0 Å². The van der Waals surface area contributed by atoms with Crippen LogP contribution < -0.4 is 18.9 Å². The fourth-order valence-electron chi connectivity index (χ4n) is 5.30. The molecule has 0 radical (unpaired) electrons. The van der Waals surface area contributed by atoms with Crippen LogP contribution in [0.1, 0.15) is 62.1 Å². The van der Waals surface area contributed by atoms with Gasteiger partial charge in [0.15, 0.2) is 11.5 Å². The summed E-state index contributed by atoms with van der Waals surface area (Å²) in [6.45, 7) is 1.06. The molecule has 34 heavy (non-hydrogen) atoms. The minimum absolute atomic E-state index is 0.176. The molecule has 0 spiro atoms. The van der Waals surface area contributed by atoms with Crippen molar-refractivity contribution in [2.45, 2.75) is 57.4 Å². The van der Waals surface area contributed by atoms with Gasteiger partial charge in [0.25, 0.3) is 0 Å². The number of benzene rings is 2. The Morgan fingerprint density at radius 2 is 1.59 bits per heavy atom. The molecule has 1 atom stereocenters. The molecule has 6 heteroatoms. The Kier molecular flexibility index (Phi) is 8.20. The normalized spacial score (nSPS) is 18.2. The minimum Gasteiger partial charge on any atom is -0.497 e. The van der Waals surface area contributed by atoms with Crippen LogP contribution in [-0.4, -0.2) is 45.3 Å². The van der Waals surface area contributed by atoms with E-state index in [1.165, 1.54) is 37.7 Å². The highest BCUT2D eigenvalue weighted by molar-refractivity contribution is 5.77. The van der Waals surface area contributed by atoms with Gasteiger partial charge in [-0.25, -0.2) is 0 Å². The molecule has 0 saturated heterocycles. The summed E-state index contributed by atoms with van der Waals surface area (Å²) in [6.07, 6.45) is 8.85. The average Bonchev–Trinajstić information content (AvgIpc) is 2.90. The monoisotopic (exact) mass is 467 g/mol. The van der Waals surface area contributed by atoms with Gasteiger partial charge in [0, 0.05) is 13.0 Å². The van der Waals surface area contributed by atoms with E-state index in [1.54, 1.807) is 21.3 Å². The van der Waals surface area contributed by atoms with Crippen molar-refractivity contribution in [3.63, 3.8) is 0 Å². The van der Waals surface area contributed by atoms with Crippen molar-refractivity contribution in [1.82, 2.24) is 4.90 Å². The topological polar surface area (TPSA) is 57.2 Å². The third-order valence-electron chi connectivity index (χ3n) is 7.28. The highest BCUT2D eigenvalue weighted by atomic mass is 16.5. The van der Waals surface area contributed by atoms with Gasteiger partial charge in [0.1, 0.15) is 18.1 Å². The van der Waals surface area contributed by atoms with Crippen LogP contribution in [-0.2, 0) is 11.2 Å². The molecule has 1 saturated carbocycles. The minimum atomic E-state index is -0.176. The number of hydrogen-bond acceptors (Lipinski definition) is 5. The van der Waals surface area contributed by atoms with Crippen LogP contribution in [0.25, 0.3) is 0 Å². The molecule has 1 heterocycles. The predicted octanol–water partition coefficient (Wildman–Crippen LogP) is 5.58. The van der Waals surface area contributed by atoms with E-state index in [-0.39, 0.29) is 11.9 Å². The lowest BCUT2D eigenvalue weighted by atomic mass is 9.85. The first kappa shape index (κ1) is 24.2. The first-order chi connectivity index (χ1) is 16.6. The van der Waals surface area contributed by atoms with E-state index < -0.39 is 0 Å². The molecule has 1 aliphatic heterocycles. The maximum absolute atomic E-state index is 13.4. The molecule has 184 valence electrons. The second-order valence-electron chi connectivity index (χ2n) is 9.29. The molecule has 1 fully saturated rings. The number of rotatable bonds is 9. The summed E-state index contributed by atoms with van der Waals surface area (Å²) >= 11 is 0. The Morgan fingerprint density at radius 3 is 2.26 bits per heavy atom. The van der Waals surface area contributed by atoms with Gasteiger partial charge in [0.2, 0.25) is 5.91 Å². The zero-order chi connectivity index (χ0) is 23.9. The lowest BCUT2D eigenvalue weighted by Crippen LogP contribution is -2.42. The molecule has 1 amide bonds. The zero-order valence-corrected chi connectivity index (χ0v) is 20.7. The molecule has 6 nitrogen and oxygen atoms in total. The first-order valence-corrected chi connectivity index (χ1v) is 12.4. The molecule has 2 aromatic carbocycles. The van der Waals surface area contributed by atoms with Crippen LogP contribution in [0.2, 0.25) is 0 Å². The van der Waals surface area contributed by atoms with E-state index in [2.05, 4.69) is 0 Å². The fraction of sp³-hybridized carbons (Fsp3) is 0.536. The summed E-state index contributed by atoms with van der Waals surface area (Å²) in [5.74, 6) is 3.83. The van der Waals surface area contributed by atoms with Crippen molar-refractivity contribution in [3.05, 3.63) is 47.5 Å². The Bertz CT molecular complexity index is 952. The summed E-state index contributed by atoms with van der Waals surface area (Å²) in [7, 11) is 4.94. The Balaban J connectivity index is 1.54. The number of methoxy groups -OCH3 is 3. The van der Waals surface area contributed by atoms with Crippen molar-refractivity contribution in [1.29, 1.82) is 0 Å². The highest BCUT2D eigenvalue weighted by Crippen LogP contribution is 2.39. The van der Waals surface area contributed by atoms with Gasteiger partial charge in [-0.3, -0.25) is 4.79 Å². The quantitative estimate of drug-likeness (QED) is 0.482. The van der Waals surface area contributed by atoms with Crippen molar-refractivity contribution < 1.29 is 23.7 Å². The first-order valence-electron chi connectivity index (χ1n) is 12.4. The number of ether oxygens (including phenoxy) is 4. The van der Waals surface area contributed by atoms with Crippen LogP contribution in [0.5, 0.6) is 23.0 Å². The average molecular weight is 468 g/mol. The van der Waals surface area contributed by atoms with Crippen molar-refractivity contribution >= 4 is 5.91 Å². The van der Waals surface area contributed by atoms with Gasteiger partial charge in [0.05, 0.1) is 27.4 Å². The Labute approximate surface area is 203 Å². The lowest BCUT2D eigenvalue weighted by Gasteiger charge is -2.38. The van der Waals surface area contributed by atoms with E-state index in [4.69, 9.17) is 18.9 Å². The second-order valence-corrected chi connectivity index (χ2v) is 9.29. The summed E-state index contributed by atoms with van der Waals surface area (Å²) in [5, 5.41) is 0. The van der Waals surface area contributed by atoms with E-state index in [9.17, 15) is 4.79 Å². The van der Waals surface area contributed by atoms with E-state index in [0.29, 0.717) is 37.0 Å². The molecular weight excluding hydrogens is 430 g/mol. The summed E-state index contributed by atoms with van der Waals surface area (Å²) in [4.78, 5) is 15.4. The van der Waals surface area contributed by atoms with Gasteiger partial charge in [-0.05, 0) is 66.3 Å². The van der Waals surface area contributed by atoms with Gasteiger partial charge in [-0.1, -0.05) is 32.1 Å². The van der Waals surface area contributed by atoms with E-state index >= 15 is 0 Å². The third kappa shape index (κ3) is 5.60. The number of carbonyl (C=O) groups excluding carboxylic acids is 1. The van der Waals surface area contributed by atoms with Crippen molar-refractivity contribution in [2.24, 2.45) is 5.92 Å². The maximum Gasteiger partial charge on any atom is 0.223 e. The molecule has 4 rings (SSSR count). The molecule has 1 unspecified atom stereocenters. The predicted molar refractivity (Wildman–Crippen MR) is 132 cm³/mol. The largest absolute Gasteiger partial charge is 0.497 e. The second kappa shape index (κ2) is 11.5. The lowest BCUT2D eigenvalue weighted by molar-refractivity contribution is -0.135. The van der Waals surface area contributed by atoms with Crippen LogP contribution in [0.4, 0.5) is 0 Å². The number of hydrogen-bond donors (Lipinski definition) is 0. The van der Waals surface area contributed by atoms with Crippen LogP contribution in [0.15, 0.2) is 36.4 Å². The summed E-state index contributed by atoms with van der Waals surface area (Å²) in [6, 6.07) is 11.4. The smallest absolute Gasteiger partial charge is 0.223 e.